The van der Waals surface area contributed by atoms with Crippen molar-refractivity contribution in [2.45, 2.75) is 31.8 Å². The zero-order chi connectivity index (χ0) is 14.5. The molecule has 1 unspecified atom stereocenters. The standard InChI is InChI=1S/C14H19BrN4O/c1-3-7-19-14(20)13(15)12(10-17-19)16-9-11-6-4-5-8-18(11)2/h1,10-11,16H,4-9H2,2H3. The number of terminal acetylenes is 1. The molecule has 0 bridgehead atoms. The molecule has 1 aliphatic rings. The average molecular weight is 339 g/mol. The van der Waals surface area contributed by atoms with Crippen LogP contribution in [0.1, 0.15) is 19.3 Å². The second-order valence-electron chi connectivity index (χ2n) is 5.05. The molecule has 1 aromatic heterocycles. The molecule has 0 aromatic carbocycles. The number of piperidine rings is 1. The lowest BCUT2D eigenvalue weighted by Crippen LogP contribution is -2.41. The van der Waals surface area contributed by atoms with Crippen LogP contribution in [0.15, 0.2) is 15.5 Å². The minimum Gasteiger partial charge on any atom is -0.381 e. The van der Waals surface area contributed by atoms with E-state index in [1.165, 1.54) is 23.9 Å². The van der Waals surface area contributed by atoms with Gasteiger partial charge in [-0.25, -0.2) is 4.68 Å². The van der Waals surface area contributed by atoms with Crippen molar-refractivity contribution in [1.82, 2.24) is 14.7 Å². The molecule has 0 radical (unpaired) electrons. The molecule has 1 atom stereocenters. The molecule has 1 N–H and O–H groups in total. The second kappa shape index (κ2) is 6.91. The topological polar surface area (TPSA) is 50.2 Å². The Morgan fingerprint density at radius 2 is 2.40 bits per heavy atom. The number of anilines is 1. The van der Waals surface area contributed by atoms with Gasteiger partial charge in [-0.15, -0.1) is 6.42 Å². The van der Waals surface area contributed by atoms with Crippen molar-refractivity contribution in [3.05, 3.63) is 21.0 Å². The predicted molar refractivity (Wildman–Crippen MR) is 83.8 cm³/mol. The first-order valence-corrected chi connectivity index (χ1v) is 7.56. The molecule has 1 saturated heterocycles. The minimum absolute atomic E-state index is 0.184. The summed E-state index contributed by atoms with van der Waals surface area (Å²) in [5, 5.41) is 7.37. The van der Waals surface area contributed by atoms with E-state index >= 15 is 0 Å². The van der Waals surface area contributed by atoms with E-state index in [0.717, 1.165) is 18.8 Å². The van der Waals surface area contributed by atoms with Crippen molar-refractivity contribution >= 4 is 21.6 Å². The van der Waals surface area contributed by atoms with Crippen LogP contribution in [0.25, 0.3) is 0 Å². The summed E-state index contributed by atoms with van der Waals surface area (Å²) in [7, 11) is 2.14. The highest BCUT2D eigenvalue weighted by Gasteiger charge is 2.19. The van der Waals surface area contributed by atoms with Crippen LogP contribution in [0.5, 0.6) is 0 Å². The van der Waals surface area contributed by atoms with E-state index in [1.807, 2.05) is 0 Å². The zero-order valence-electron chi connectivity index (χ0n) is 11.6. The van der Waals surface area contributed by atoms with Crippen LogP contribution >= 0.6 is 15.9 Å². The number of aromatic nitrogens is 2. The van der Waals surface area contributed by atoms with Crippen molar-refractivity contribution < 1.29 is 0 Å². The summed E-state index contributed by atoms with van der Waals surface area (Å²) in [5.74, 6) is 2.41. The zero-order valence-corrected chi connectivity index (χ0v) is 13.2. The highest BCUT2D eigenvalue weighted by Crippen LogP contribution is 2.19. The lowest BCUT2D eigenvalue weighted by atomic mass is 10.0. The third kappa shape index (κ3) is 3.41. The maximum absolute atomic E-state index is 12.0. The van der Waals surface area contributed by atoms with Crippen molar-refractivity contribution in [2.75, 3.05) is 25.5 Å². The quantitative estimate of drug-likeness (QED) is 0.846. The molecule has 2 rings (SSSR count). The van der Waals surface area contributed by atoms with Crippen LogP contribution in [0.4, 0.5) is 5.69 Å². The molecule has 5 nitrogen and oxygen atoms in total. The summed E-state index contributed by atoms with van der Waals surface area (Å²) in [6.45, 7) is 2.13. The van der Waals surface area contributed by atoms with Gasteiger partial charge < -0.3 is 10.2 Å². The highest BCUT2D eigenvalue weighted by atomic mass is 79.9. The number of likely N-dealkylation sites (N-methyl/N-ethyl adjacent to an activating group) is 1. The van der Waals surface area contributed by atoms with Gasteiger partial charge in [-0.3, -0.25) is 4.79 Å². The third-order valence-corrected chi connectivity index (χ3v) is 4.44. The minimum atomic E-state index is -0.204. The monoisotopic (exact) mass is 338 g/mol. The number of nitrogens with zero attached hydrogens (tertiary/aromatic N) is 3. The molecule has 0 spiro atoms. The highest BCUT2D eigenvalue weighted by molar-refractivity contribution is 9.10. The summed E-state index contributed by atoms with van der Waals surface area (Å²) in [5.41, 5.74) is 0.521. The number of hydrogen-bond acceptors (Lipinski definition) is 4. The first kappa shape index (κ1) is 15.1. The molecular formula is C14H19BrN4O. The van der Waals surface area contributed by atoms with Gasteiger partial charge in [0.2, 0.25) is 0 Å². The van der Waals surface area contributed by atoms with E-state index in [4.69, 9.17) is 6.42 Å². The van der Waals surface area contributed by atoms with Gasteiger partial charge in [-0.05, 0) is 42.4 Å². The molecular weight excluding hydrogens is 320 g/mol. The van der Waals surface area contributed by atoms with Gasteiger partial charge >= 0.3 is 0 Å². The Labute approximate surface area is 127 Å². The van der Waals surface area contributed by atoms with Crippen LogP contribution in [0.2, 0.25) is 0 Å². The fraction of sp³-hybridized carbons (Fsp3) is 0.571. The molecule has 0 saturated carbocycles. The maximum Gasteiger partial charge on any atom is 0.284 e. The summed E-state index contributed by atoms with van der Waals surface area (Å²) in [6.07, 6.45) is 10.6. The Kier molecular flexibility index (Phi) is 5.21. The smallest absolute Gasteiger partial charge is 0.284 e. The third-order valence-electron chi connectivity index (χ3n) is 3.68. The fourth-order valence-corrected chi connectivity index (χ4v) is 2.86. The van der Waals surface area contributed by atoms with Crippen molar-refractivity contribution in [2.24, 2.45) is 0 Å². The first-order valence-electron chi connectivity index (χ1n) is 6.76. The molecule has 108 valence electrons. The van der Waals surface area contributed by atoms with Crippen molar-refractivity contribution in [3.8, 4) is 12.3 Å². The Bertz CT molecular complexity index is 563. The van der Waals surface area contributed by atoms with Crippen LogP contribution < -0.4 is 10.9 Å². The molecule has 0 aliphatic carbocycles. The van der Waals surface area contributed by atoms with Crippen LogP contribution in [0, 0.1) is 12.3 Å². The molecule has 1 fully saturated rings. The van der Waals surface area contributed by atoms with E-state index < -0.39 is 0 Å². The lowest BCUT2D eigenvalue weighted by molar-refractivity contribution is 0.194. The average Bonchev–Trinajstić information content (AvgIpc) is 2.45. The summed E-state index contributed by atoms with van der Waals surface area (Å²) in [4.78, 5) is 14.4. The predicted octanol–water partition coefficient (Wildman–Crippen LogP) is 1.54. The Morgan fingerprint density at radius 3 is 3.10 bits per heavy atom. The number of likely N-dealkylation sites (tertiary alicyclic amines) is 1. The first-order chi connectivity index (χ1) is 9.63. The Morgan fingerprint density at radius 1 is 1.60 bits per heavy atom. The summed E-state index contributed by atoms with van der Waals surface area (Å²) >= 11 is 3.32. The maximum atomic E-state index is 12.0. The summed E-state index contributed by atoms with van der Waals surface area (Å²) in [6, 6.07) is 0.504. The second-order valence-corrected chi connectivity index (χ2v) is 5.84. The number of nitrogens with one attached hydrogen (secondary N) is 1. The van der Waals surface area contributed by atoms with Crippen LogP contribution in [0.3, 0.4) is 0 Å². The molecule has 20 heavy (non-hydrogen) atoms. The Hall–Kier alpha value is -1.32. The van der Waals surface area contributed by atoms with E-state index in [-0.39, 0.29) is 12.1 Å². The van der Waals surface area contributed by atoms with Gasteiger partial charge in [0.25, 0.3) is 5.56 Å². The number of rotatable bonds is 4. The SMILES string of the molecule is C#CCn1ncc(NCC2CCCCN2C)c(Br)c1=O. The Balaban J connectivity index is 2.05. The number of hydrogen-bond donors (Lipinski definition) is 1. The largest absolute Gasteiger partial charge is 0.381 e. The van der Waals surface area contributed by atoms with Crippen LogP contribution in [-0.4, -0.2) is 40.9 Å². The molecule has 0 amide bonds. The van der Waals surface area contributed by atoms with Crippen LogP contribution in [-0.2, 0) is 6.54 Å². The van der Waals surface area contributed by atoms with Gasteiger partial charge in [0.05, 0.1) is 11.9 Å². The fourth-order valence-electron chi connectivity index (χ4n) is 2.42. The van der Waals surface area contributed by atoms with E-state index in [2.05, 4.69) is 44.2 Å². The lowest BCUT2D eigenvalue weighted by Gasteiger charge is -2.32. The van der Waals surface area contributed by atoms with Gasteiger partial charge in [0.1, 0.15) is 11.0 Å². The van der Waals surface area contributed by atoms with Crippen molar-refractivity contribution in [1.29, 1.82) is 0 Å². The molecule has 6 heteroatoms. The van der Waals surface area contributed by atoms with Gasteiger partial charge in [0, 0.05) is 12.6 Å². The van der Waals surface area contributed by atoms with Gasteiger partial charge in [-0.2, -0.15) is 5.10 Å². The van der Waals surface area contributed by atoms with E-state index in [0.29, 0.717) is 10.5 Å². The van der Waals surface area contributed by atoms with Crippen molar-refractivity contribution in [3.63, 3.8) is 0 Å². The molecule has 2 heterocycles. The van der Waals surface area contributed by atoms with E-state index in [1.54, 1.807) is 6.20 Å². The normalized spacial score (nSPS) is 19.6. The summed E-state index contributed by atoms with van der Waals surface area (Å²) < 4.78 is 1.75. The van der Waals surface area contributed by atoms with Gasteiger partial charge in [0.15, 0.2) is 0 Å². The number of halogens is 1. The van der Waals surface area contributed by atoms with Gasteiger partial charge in [-0.1, -0.05) is 12.3 Å². The molecule has 1 aliphatic heterocycles. The molecule has 1 aromatic rings. The van der Waals surface area contributed by atoms with E-state index in [9.17, 15) is 4.79 Å².